The van der Waals surface area contributed by atoms with Crippen LogP contribution in [0.3, 0.4) is 0 Å². The van der Waals surface area contributed by atoms with Crippen molar-refractivity contribution in [2.75, 3.05) is 0 Å². The molecule has 0 radical (unpaired) electrons. The standard InChI is InChI=1S/C17H13FN2O3/c1-10(23-17(22)11-6-8-12(18)9-7-11)15-19-14-5-3-2-4-13(14)16(21)20-15/h2-10H,1H3,(H,19,20,21)/t10-/m0/s1. The van der Waals surface area contributed by atoms with E-state index in [0.29, 0.717) is 10.9 Å². The van der Waals surface area contributed by atoms with Gasteiger partial charge in [0.05, 0.1) is 16.5 Å². The smallest absolute Gasteiger partial charge is 0.338 e. The number of hydrogen-bond acceptors (Lipinski definition) is 4. The molecule has 5 nitrogen and oxygen atoms in total. The third kappa shape index (κ3) is 3.11. The number of aromatic nitrogens is 2. The Morgan fingerprint density at radius 1 is 1.17 bits per heavy atom. The van der Waals surface area contributed by atoms with Crippen LogP contribution in [-0.4, -0.2) is 15.9 Å². The second-order valence-corrected chi connectivity index (χ2v) is 5.02. The Bertz CT molecular complexity index is 919. The predicted octanol–water partition coefficient (Wildman–Crippen LogP) is 2.98. The van der Waals surface area contributed by atoms with Crippen LogP contribution < -0.4 is 5.56 Å². The van der Waals surface area contributed by atoms with Crippen molar-refractivity contribution in [1.29, 1.82) is 0 Å². The zero-order valence-electron chi connectivity index (χ0n) is 12.2. The molecule has 0 aliphatic rings. The molecule has 0 saturated heterocycles. The van der Waals surface area contributed by atoms with Crippen molar-refractivity contribution in [2.24, 2.45) is 0 Å². The molecule has 0 fully saturated rings. The Labute approximate surface area is 130 Å². The predicted molar refractivity (Wildman–Crippen MR) is 82.6 cm³/mol. The van der Waals surface area contributed by atoms with Crippen LogP contribution >= 0.6 is 0 Å². The third-order valence-corrected chi connectivity index (χ3v) is 3.38. The van der Waals surface area contributed by atoms with Crippen LogP contribution in [0.2, 0.25) is 0 Å². The lowest BCUT2D eigenvalue weighted by atomic mass is 10.2. The maximum atomic E-state index is 12.9. The molecule has 0 bridgehead atoms. The number of carbonyl (C=O) groups excluding carboxylic acids is 1. The molecule has 1 aromatic heterocycles. The lowest BCUT2D eigenvalue weighted by Crippen LogP contribution is -2.17. The Morgan fingerprint density at radius 2 is 1.87 bits per heavy atom. The molecule has 0 spiro atoms. The van der Waals surface area contributed by atoms with Crippen LogP contribution in [0.5, 0.6) is 0 Å². The number of hydrogen-bond donors (Lipinski definition) is 1. The van der Waals surface area contributed by atoms with E-state index in [1.807, 2.05) is 0 Å². The van der Waals surface area contributed by atoms with Crippen molar-refractivity contribution in [3.63, 3.8) is 0 Å². The van der Waals surface area contributed by atoms with Gasteiger partial charge in [-0.05, 0) is 43.3 Å². The van der Waals surface area contributed by atoms with Gasteiger partial charge >= 0.3 is 5.97 Å². The molecule has 0 unspecified atom stereocenters. The SMILES string of the molecule is C[C@H](OC(=O)c1ccc(F)cc1)c1nc2ccccc2c(=O)[nH]1. The molecule has 1 heterocycles. The van der Waals surface area contributed by atoms with Gasteiger partial charge in [-0.15, -0.1) is 0 Å². The minimum absolute atomic E-state index is 0.224. The monoisotopic (exact) mass is 312 g/mol. The van der Waals surface area contributed by atoms with Gasteiger partial charge < -0.3 is 9.72 Å². The molecule has 0 amide bonds. The van der Waals surface area contributed by atoms with Gasteiger partial charge in [-0.2, -0.15) is 0 Å². The van der Waals surface area contributed by atoms with Crippen LogP contribution in [0.25, 0.3) is 10.9 Å². The fourth-order valence-corrected chi connectivity index (χ4v) is 2.17. The zero-order valence-corrected chi connectivity index (χ0v) is 12.2. The van der Waals surface area contributed by atoms with E-state index >= 15 is 0 Å². The van der Waals surface area contributed by atoms with E-state index in [4.69, 9.17) is 4.74 Å². The maximum Gasteiger partial charge on any atom is 0.338 e. The van der Waals surface area contributed by atoms with Gasteiger partial charge in [0.2, 0.25) is 0 Å². The summed E-state index contributed by atoms with van der Waals surface area (Å²) in [5.74, 6) is -0.799. The van der Waals surface area contributed by atoms with E-state index in [1.54, 1.807) is 31.2 Å². The van der Waals surface area contributed by atoms with Crippen molar-refractivity contribution in [2.45, 2.75) is 13.0 Å². The van der Waals surface area contributed by atoms with Crippen molar-refractivity contribution in [3.05, 3.63) is 76.1 Å². The number of H-pyrrole nitrogens is 1. The highest BCUT2D eigenvalue weighted by Gasteiger charge is 2.16. The van der Waals surface area contributed by atoms with Gasteiger partial charge in [0.1, 0.15) is 5.82 Å². The Hall–Kier alpha value is -3.02. The van der Waals surface area contributed by atoms with Crippen molar-refractivity contribution in [1.82, 2.24) is 9.97 Å². The molecule has 1 N–H and O–H groups in total. The second-order valence-electron chi connectivity index (χ2n) is 5.02. The number of nitrogens with one attached hydrogen (secondary N) is 1. The fraction of sp³-hybridized carbons (Fsp3) is 0.118. The highest BCUT2D eigenvalue weighted by molar-refractivity contribution is 5.89. The molecular formula is C17H13FN2O3. The molecule has 0 aliphatic heterocycles. The largest absolute Gasteiger partial charge is 0.451 e. The summed E-state index contributed by atoms with van der Waals surface area (Å²) in [5, 5.41) is 0.466. The van der Waals surface area contributed by atoms with Gasteiger partial charge in [-0.25, -0.2) is 14.2 Å². The molecular weight excluding hydrogens is 299 g/mol. The number of fused-ring (bicyclic) bond motifs is 1. The molecule has 6 heteroatoms. The van der Waals surface area contributed by atoms with Gasteiger partial charge in [-0.3, -0.25) is 4.79 Å². The van der Waals surface area contributed by atoms with Crippen LogP contribution in [0, 0.1) is 5.82 Å². The lowest BCUT2D eigenvalue weighted by molar-refractivity contribution is 0.0320. The minimum Gasteiger partial charge on any atom is -0.451 e. The summed E-state index contributed by atoms with van der Waals surface area (Å²) in [4.78, 5) is 31.0. The van der Waals surface area contributed by atoms with E-state index in [0.717, 1.165) is 0 Å². The minimum atomic E-state index is -0.746. The summed E-state index contributed by atoms with van der Waals surface area (Å²) >= 11 is 0. The van der Waals surface area contributed by atoms with Crippen LogP contribution in [0.4, 0.5) is 4.39 Å². The number of aromatic amines is 1. The zero-order chi connectivity index (χ0) is 16.4. The van der Waals surface area contributed by atoms with E-state index in [2.05, 4.69) is 9.97 Å². The molecule has 2 aromatic carbocycles. The first kappa shape index (κ1) is 14.9. The van der Waals surface area contributed by atoms with Gasteiger partial charge in [0.25, 0.3) is 5.56 Å². The average Bonchev–Trinajstić information content (AvgIpc) is 2.55. The number of carbonyl (C=O) groups is 1. The van der Waals surface area contributed by atoms with Crippen molar-refractivity contribution < 1.29 is 13.9 Å². The van der Waals surface area contributed by atoms with Crippen LogP contribution in [-0.2, 0) is 4.74 Å². The molecule has 3 aromatic rings. The molecule has 0 saturated carbocycles. The third-order valence-electron chi connectivity index (χ3n) is 3.38. The molecule has 0 aliphatic carbocycles. The number of halogens is 1. The summed E-state index contributed by atoms with van der Waals surface area (Å²) in [5.41, 5.74) is 0.451. The van der Waals surface area contributed by atoms with Gasteiger partial charge in [-0.1, -0.05) is 12.1 Å². The lowest BCUT2D eigenvalue weighted by Gasteiger charge is -2.13. The Kier molecular flexibility index (Phi) is 3.89. The molecule has 116 valence electrons. The van der Waals surface area contributed by atoms with E-state index in [1.165, 1.54) is 24.3 Å². The van der Waals surface area contributed by atoms with Gasteiger partial charge in [0, 0.05) is 0 Å². The first-order chi connectivity index (χ1) is 11.0. The normalized spacial score (nSPS) is 12.1. The summed E-state index contributed by atoms with van der Waals surface area (Å²) in [6.07, 6.45) is -0.746. The number of benzene rings is 2. The highest BCUT2D eigenvalue weighted by atomic mass is 19.1. The van der Waals surface area contributed by atoms with Crippen molar-refractivity contribution in [3.8, 4) is 0 Å². The van der Waals surface area contributed by atoms with Gasteiger partial charge in [0.15, 0.2) is 11.9 Å². The fourth-order valence-electron chi connectivity index (χ4n) is 2.17. The Morgan fingerprint density at radius 3 is 2.61 bits per heavy atom. The average molecular weight is 312 g/mol. The first-order valence-corrected chi connectivity index (χ1v) is 7.00. The van der Waals surface area contributed by atoms with E-state index in [-0.39, 0.29) is 16.9 Å². The quantitative estimate of drug-likeness (QED) is 0.755. The molecule has 3 rings (SSSR count). The molecule has 1 atom stereocenters. The second kappa shape index (κ2) is 6.00. The van der Waals surface area contributed by atoms with Crippen LogP contribution in [0.15, 0.2) is 53.3 Å². The maximum absolute atomic E-state index is 12.9. The summed E-state index contributed by atoms with van der Waals surface area (Å²) in [7, 11) is 0. The van der Waals surface area contributed by atoms with E-state index in [9.17, 15) is 14.0 Å². The number of ether oxygens (including phenoxy) is 1. The highest BCUT2D eigenvalue weighted by Crippen LogP contribution is 2.16. The number of para-hydroxylation sites is 1. The summed E-state index contributed by atoms with van der Waals surface area (Å²) in [6.45, 7) is 1.61. The number of rotatable bonds is 3. The number of nitrogens with zero attached hydrogens (tertiary/aromatic N) is 1. The first-order valence-electron chi connectivity index (χ1n) is 7.00. The van der Waals surface area contributed by atoms with E-state index < -0.39 is 17.9 Å². The topological polar surface area (TPSA) is 72.0 Å². The van der Waals surface area contributed by atoms with Crippen LogP contribution in [0.1, 0.15) is 29.2 Å². The van der Waals surface area contributed by atoms with Crippen molar-refractivity contribution >= 4 is 16.9 Å². The Balaban J connectivity index is 1.85. The number of esters is 1. The summed E-state index contributed by atoms with van der Waals surface area (Å²) < 4.78 is 18.1. The summed E-state index contributed by atoms with van der Waals surface area (Å²) in [6, 6.07) is 11.9. The molecule has 23 heavy (non-hydrogen) atoms.